The van der Waals surface area contributed by atoms with Gasteiger partial charge in [-0.3, -0.25) is 9.11 Å². The number of ether oxygens (including phenoxy) is 1. The van der Waals surface area contributed by atoms with Crippen LogP contribution < -0.4 is 15.5 Å². The molecule has 2 aliphatic rings. The van der Waals surface area contributed by atoms with Crippen LogP contribution in [0.3, 0.4) is 0 Å². The van der Waals surface area contributed by atoms with Crippen LogP contribution in [0, 0.1) is 0 Å². The van der Waals surface area contributed by atoms with Gasteiger partial charge in [-0.25, -0.2) is 9.97 Å². The van der Waals surface area contributed by atoms with Crippen molar-refractivity contribution in [1.82, 2.24) is 15.3 Å². The summed E-state index contributed by atoms with van der Waals surface area (Å²) >= 11 is 5.29. The van der Waals surface area contributed by atoms with Gasteiger partial charge in [-0.05, 0) is 75.3 Å². The molecule has 0 amide bonds. The lowest BCUT2D eigenvalue weighted by Gasteiger charge is -2.41. The summed E-state index contributed by atoms with van der Waals surface area (Å²) in [5, 5.41) is 6.82. The summed E-state index contributed by atoms with van der Waals surface area (Å²) in [6, 6.07) is 19.0. The fraction of sp³-hybridized carbons (Fsp3) is 0.370. The van der Waals surface area contributed by atoms with Crippen LogP contribution in [-0.4, -0.2) is 56.5 Å². The number of anilines is 2. The Morgan fingerprint density at radius 1 is 1.14 bits per heavy atom. The van der Waals surface area contributed by atoms with Crippen molar-refractivity contribution in [3.05, 3.63) is 66.4 Å². The van der Waals surface area contributed by atoms with Gasteiger partial charge in [-0.15, -0.1) is 0 Å². The Hall–Kier alpha value is -2.76. The highest BCUT2D eigenvalue weighted by molar-refractivity contribution is 8.25. The van der Waals surface area contributed by atoms with Gasteiger partial charge in [0.15, 0.2) is 10.9 Å². The molecule has 8 nitrogen and oxygen atoms in total. The molecule has 1 atom stereocenters. The Balaban J connectivity index is 1.55. The molecule has 2 heterocycles. The largest absolute Gasteiger partial charge is 0.377 e. The lowest BCUT2D eigenvalue weighted by atomic mass is 10.1. The number of benzene rings is 2. The summed E-state index contributed by atoms with van der Waals surface area (Å²) < 4.78 is 27.9. The Labute approximate surface area is 224 Å². The lowest BCUT2D eigenvalue weighted by molar-refractivity contribution is 0.0985. The van der Waals surface area contributed by atoms with Crippen LogP contribution in [0.1, 0.15) is 32.4 Å². The highest BCUT2D eigenvalue weighted by Gasteiger charge is 2.57. The van der Waals surface area contributed by atoms with Crippen molar-refractivity contribution in [3.8, 4) is 11.4 Å². The SMILES string of the molecule is CCNC(=S)Nc1ccc(-c2nc(N3CCOC[C@@H]3C)cc(C3(S(O)(O)c4ccccc4)CC3)n2)cc1. The van der Waals surface area contributed by atoms with Crippen molar-refractivity contribution in [3.63, 3.8) is 0 Å². The first-order chi connectivity index (χ1) is 17.8. The van der Waals surface area contributed by atoms with Crippen LogP contribution in [0.25, 0.3) is 11.4 Å². The molecule has 0 spiro atoms. The predicted molar refractivity (Wildman–Crippen MR) is 153 cm³/mol. The van der Waals surface area contributed by atoms with Gasteiger partial charge < -0.3 is 20.3 Å². The molecule has 3 aromatic rings. The molecular formula is C27H33N5O3S2. The minimum absolute atomic E-state index is 0.146. The van der Waals surface area contributed by atoms with E-state index in [9.17, 15) is 9.11 Å². The zero-order valence-corrected chi connectivity index (χ0v) is 22.7. The van der Waals surface area contributed by atoms with Gasteiger partial charge in [-0.2, -0.15) is 10.6 Å². The molecule has 2 aromatic carbocycles. The quantitative estimate of drug-likeness (QED) is 0.291. The van der Waals surface area contributed by atoms with E-state index in [4.69, 9.17) is 26.9 Å². The number of nitrogens with one attached hydrogen (secondary N) is 2. The molecular weight excluding hydrogens is 506 g/mol. The Morgan fingerprint density at radius 2 is 1.86 bits per heavy atom. The fourth-order valence-electron chi connectivity index (χ4n) is 4.69. The first kappa shape index (κ1) is 25.9. The van der Waals surface area contributed by atoms with E-state index in [1.165, 1.54) is 0 Å². The minimum Gasteiger partial charge on any atom is -0.377 e. The molecule has 1 saturated heterocycles. The summed E-state index contributed by atoms with van der Waals surface area (Å²) in [5.74, 6) is 1.34. The summed E-state index contributed by atoms with van der Waals surface area (Å²) in [6.07, 6.45) is 1.31. The van der Waals surface area contributed by atoms with Crippen LogP contribution in [0.15, 0.2) is 65.6 Å². The van der Waals surface area contributed by atoms with Crippen molar-refractivity contribution in [2.24, 2.45) is 0 Å². The molecule has 5 rings (SSSR count). The summed E-state index contributed by atoms with van der Waals surface area (Å²) in [7, 11) is -3.13. The average molecular weight is 540 g/mol. The van der Waals surface area contributed by atoms with Crippen LogP contribution >= 0.6 is 22.8 Å². The molecule has 1 aromatic heterocycles. The topological polar surface area (TPSA) is 103 Å². The van der Waals surface area contributed by atoms with E-state index in [2.05, 4.69) is 22.5 Å². The number of hydrogen-bond acceptors (Lipinski definition) is 7. The highest BCUT2D eigenvalue weighted by atomic mass is 32.3. The Bertz CT molecular complexity index is 1250. The van der Waals surface area contributed by atoms with E-state index < -0.39 is 15.3 Å². The standard InChI is InChI=1S/C27H33N5O3S2/c1-3-28-26(36)29-21-11-9-20(10-12-21)25-30-23(17-24(31-25)32-15-16-35-18-19(32)2)27(13-14-27)37(33,34)22-7-5-4-6-8-22/h4-12,17,19,33-34H,3,13-16,18H2,1-2H3,(H2,28,29,36)/t19-/m0/s1. The second kappa shape index (κ2) is 10.5. The second-order valence-electron chi connectivity index (χ2n) is 9.47. The van der Waals surface area contributed by atoms with Gasteiger partial charge in [0, 0.05) is 30.4 Å². The molecule has 1 aliphatic carbocycles. The fourth-order valence-corrected chi connectivity index (χ4v) is 7.00. The van der Waals surface area contributed by atoms with E-state index in [-0.39, 0.29) is 6.04 Å². The Kier molecular flexibility index (Phi) is 7.37. The predicted octanol–water partition coefficient (Wildman–Crippen LogP) is 5.47. The normalized spacial score (nSPS) is 19.2. The second-order valence-corrected chi connectivity index (χ2v) is 12.2. The summed E-state index contributed by atoms with van der Waals surface area (Å²) in [4.78, 5) is 12.6. The zero-order chi connectivity index (χ0) is 26.0. The van der Waals surface area contributed by atoms with Crippen molar-refractivity contribution < 1.29 is 13.8 Å². The number of hydrogen-bond donors (Lipinski definition) is 4. The van der Waals surface area contributed by atoms with Crippen molar-refractivity contribution in [2.45, 2.75) is 42.4 Å². The van der Waals surface area contributed by atoms with Crippen LogP contribution in [-0.2, 0) is 9.48 Å². The van der Waals surface area contributed by atoms with E-state index in [0.29, 0.717) is 54.1 Å². The number of nitrogens with zero attached hydrogens (tertiary/aromatic N) is 3. The van der Waals surface area contributed by atoms with Gasteiger partial charge in [0.2, 0.25) is 0 Å². The first-order valence-electron chi connectivity index (χ1n) is 12.6. The highest BCUT2D eigenvalue weighted by Crippen LogP contribution is 2.75. The third-order valence-corrected chi connectivity index (χ3v) is 9.78. The van der Waals surface area contributed by atoms with E-state index in [1.807, 2.05) is 55.5 Å². The van der Waals surface area contributed by atoms with Crippen molar-refractivity contribution in [2.75, 3.05) is 36.5 Å². The third-order valence-electron chi connectivity index (χ3n) is 6.90. The molecule has 196 valence electrons. The molecule has 0 radical (unpaired) electrons. The maximum absolute atomic E-state index is 11.5. The van der Waals surface area contributed by atoms with Crippen LogP contribution in [0.4, 0.5) is 11.5 Å². The van der Waals surface area contributed by atoms with Crippen LogP contribution in [0.2, 0.25) is 0 Å². The van der Waals surface area contributed by atoms with E-state index >= 15 is 0 Å². The van der Waals surface area contributed by atoms with Gasteiger partial charge in [-0.1, -0.05) is 18.2 Å². The van der Waals surface area contributed by atoms with Crippen molar-refractivity contribution in [1.29, 1.82) is 0 Å². The number of thiocarbonyl (C=S) groups is 1. The smallest absolute Gasteiger partial charge is 0.170 e. The van der Waals surface area contributed by atoms with Gasteiger partial charge in [0.1, 0.15) is 10.6 Å². The molecule has 4 N–H and O–H groups in total. The van der Waals surface area contributed by atoms with Crippen LogP contribution in [0.5, 0.6) is 0 Å². The minimum atomic E-state index is -3.13. The molecule has 1 saturated carbocycles. The number of morpholine rings is 1. The summed E-state index contributed by atoms with van der Waals surface area (Å²) in [6.45, 7) is 6.80. The Morgan fingerprint density at radius 3 is 2.51 bits per heavy atom. The lowest BCUT2D eigenvalue weighted by Crippen LogP contribution is -2.44. The van der Waals surface area contributed by atoms with Crippen molar-refractivity contribution >= 4 is 39.4 Å². The first-order valence-corrected chi connectivity index (χ1v) is 14.5. The molecule has 0 unspecified atom stereocenters. The molecule has 2 fully saturated rings. The maximum Gasteiger partial charge on any atom is 0.170 e. The average Bonchev–Trinajstić information content (AvgIpc) is 3.73. The zero-order valence-electron chi connectivity index (χ0n) is 21.1. The molecule has 37 heavy (non-hydrogen) atoms. The number of rotatable bonds is 7. The summed E-state index contributed by atoms with van der Waals surface area (Å²) in [5.41, 5.74) is 2.38. The van der Waals surface area contributed by atoms with Gasteiger partial charge >= 0.3 is 0 Å². The third kappa shape index (κ3) is 5.17. The molecule has 1 aliphatic heterocycles. The molecule has 0 bridgehead atoms. The number of aromatic nitrogens is 2. The maximum atomic E-state index is 11.5. The van der Waals surface area contributed by atoms with E-state index in [0.717, 1.165) is 23.6 Å². The molecule has 10 heteroatoms. The van der Waals surface area contributed by atoms with Gasteiger partial charge in [0.05, 0.1) is 29.8 Å². The van der Waals surface area contributed by atoms with E-state index in [1.54, 1.807) is 12.1 Å². The monoisotopic (exact) mass is 539 g/mol. The van der Waals surface area contributed by atoms with Gasteiger partial charge in [0.25, 0.3) is 0 Å².